The van der Waals surface area contributed by atoms with Crippen LogP contribution >= 0.6 is 0 Å². The smallest absolute Gasteiger partial charge is 0.193 e. The summed E-state index contributed by atoms with van der Waals surface area (Å²) in [4.78, 5) is 9.89. The number of aliphatic hydroxyl groups excluding tert-OH is 1. The summed E-state index contributed by atoms with van der Waals surface area (Å²) in [6.45, 7) is 0.0292. The summed E-state index contributed by atoms with van der Waals surface area (Å²) >= 11 is 0. The van der Waals surface area contributed by atoms with E-state index >= 15 is 0 Å². The lowest BCUT2D eigenvalue weighted by Crippen LogP contribution is -1.82. The number of hydrogen-bond donors (Lipinski definition) is 1. The van der Waals surface area contributed by atoms with E-state index in [0.717, 1.165) is 11.1 Å². The van der Waals surface area contributed by atoms with Crippen LogP contribution in [-0.2, 0) is 11.4 Å². The molecule has 2 nitrogen and oxygen atoms in total. The maximum Gasteiger partial charge on any atom is 0.193 e. The van der Waals surface area contributed by atoms with Crippen molar-refractivity contribution in [1.82, 2.24) is 0 Å². The van der Waals surface area contributed by atoms with Crippen molar-refractivity contribution in [3.05, 3.63) is 35.4 Å². The van der Waals surface area contributed by atoms with Gasteiger partial charge in [-0.3, -0.25) is 4.79 Å². The molecule has 1 rings (SSSR count). The van der Waals surface area contributed by atoms with E-state index < -0.39 is 0 Å². The highest BCUT2D eigenvalue weighted by Crippen LogP contribution is 2.02. The molecule has 0 aliphatic rings. The van der Waals surface area contributed by atoms with Gasteiger partial charge in [0.1, 0.15) is 0 Å². The molecule has 0 radical (unpaired) electrons. The zero-order chi connectivity index (χ0) is 8.81. The minimum atomic E-state index is 0.0292. The fourth-order valence-corrected chi connectivity index (χ4v) is 0.806. The molecule has 0 spiro atoms. The average Bonchev–Trinajstić information content (AvgIpc) is 2.15. The van der Waals surface area contributed by atoms with Crippen LogP contribution in [0.25, 0.3) is 0 Å². The molecule has 1 aromatic rings. The second-order valence-electron chi connectivity index (χ2n) is 2.24. The van der Waals surface area contributed by atoms with E-state index in [4.69, 9.17) is 5.11 Å². The van der Waals surface area contributed by atoms with Crippen molar-refractivity contribution in [1.29, 1.82) is 0 Å². The van der Waals surface area contributed by atoms with Crippen LogP contribution in [0.1, 0.15) is 11.1 Å². The van der Waals surface area contributed by atoms with Crippen molar-refractivity contribution in [2.75, 3.05) is 0 Å². The Hall–Kier alpha value is -1.59. The van der Waals surface area contributed by atoms with Gasteiger partial charge >= 0.3 is 0 Å². The van der Waals surface area contributed by atoms with Gasteiger partial charge in [-0.2, -0.15) is 0 Å². The highest BCUT2D eigenvalue weighted by molar-refractivity contribution is 5.73. The second kappa shape index (κ2) is 4.32. The van der Waals surface area contributed by atoms with E-state index in [9.17, 15) is 4.79 Å². The summed E-state index contributed by atoms with van der Waals surface area (Å²) < 4.78 is 0. The summed E-state index contributed by atoms with van der Waals surface area (Å²) in [5, 5.41) is 8.71. The van der Waals surface area contributed by atoms with Crippen LogP contribution < -0.4 is 0 Å². The van der Waals surface area contributed by atoms with Crippen LogP contribution in [0.3, 0.4) is 0 Å². The molecule has 0 amide bonds. The lowest BCUT2D eigenvalue weighted by molar-refractivity contribution is -0.103. The van der Waals surface area contributed by atoms with E-state index in [-0.39, 0.29) is 6.61 Å². The van der Waals surface area contributed by atoms with Gasteiger partial charge < -0.3 is 5.11 Å². The molecule has 60 valence electrons. The maximum atomic E-state index is 9.89. The lowest BCUT2D eigenvalue weighted by Gasteiger charge is -1.93. The Bertz CT molecular complexity index is 314. The average molecular weight is 160 g/mol. The van der Waals surface area contributed by atoms with E-state index in [1.807, 2.05) is 0 Å². The number of aliphatic hydroxyl groups is 1. The first-order valence-corrected chi connectivity index (χ1v) is 3.52. The number of hydrogen-bond acceptors (Lipinski definition) is 2. The second-order valence-corrected chi connectivity index (χ2v) is 2.24. The summed E-state index contributed by atoms with van der Waals surface area (Å²) in [7, 11) is 0. The molecule has 0 heterocycles. The molecule has 0 bridgehead atoms. The SMILES string of the molecule is O=CC#Cc1ccc(CO)cc1. The molecule has 0 unspecified atom stereocenters. The van der Waals surface area contributed by atoms with Gasteiger partial charge in [0, 0.05) is 5.56 Å². The predicted molar refractivity (Wildman–Crippen MR) is 45.3 cm³/mol. The van der Waals surface area contributed by atoms with Crippen molar-refractivity contribution < 1.29 is 9.90 Å². The van der Waals surface area contributed by atoms with Gasteiger partial charge in [0.2, 0.25) is 0 Å². The Labute approximate surface area is 70.8 Å². The van der Waals surface area contributed by atoms with Gasteiger partial charge in [0.15, 0.2) is 6.29 Å². The molecular weight excluding hydrogens is 152 g/mol. The monoisotopic (exact) mass is 160 g/mol. The summed E-state index contributed by atoms with van der Waals surface area (Å²) in [6, 6.07) is 7.08. The molecule has 1 N–H and O–H groups in total. The van der Waals surface area contributed by atoms with Gasteiger partial charge in [-0.05, 0) is 23.6 Å². The summed E-state index contributed by atoms with van der Waals surface area (Å²) in [5.41, 5.74) is 1.62. The van der Waals surface area contributed by atoms with Gasteiger partial charge in [0.25, 0.3) is 0 Å². The third-order valence-corrected chi connectivity index (χ3v) is 1.41. The zero-order valence-electron chi connectivity index (χ0n) is 6.45. The molecule has 0 aromatic heterocycles. The van der Waals surface area contributed by atoms with Crippen molar-refractivity contribution in [3.8, 4) is 11.8 Å². The fraction of sp³-hybridized carbons (Fsp3) is 0.100. The third-order valence-electron chi connectivity index (χ3n) is 1.41. The molecule has 2 heteroatoms. The topological polar surface area (TPSA) is 37.3 Å². The quantitative estimate of drug-likeness (QED) is 0.485. The Balaban J connectivity index is 2.84. The molecule has 12 heavy (non-hydrogen) atoms. The van der Waals surface area contributed by atoms with Crippen LogP contribution in [0.5, 0.6) is 0 Å². The van der Waals surface area contributed by atoms with Crippen LogP contribution in [0, 0.1) is 11.8 Å². The highest BCUT2D eigenvalue weighted by Gasteiger charge is 1.88. The number of carbonyl (C=O) groups is 1. The van der Waals surface area contributed by atoms with Gasteiger partial charge in [0.05, 0.1) is 6.61 Å². The minimum Gasteiger partial charge on any atom is -0.392 e. The molecule has 0 atom stereocenters. The molecular formula is C10H8O2. The molecule has 0 saturated heterocycles. The molecule has 0 aliphatic heterocycles. The Morgan fingerprint density at radius 3 is 2.50 bits per heavy atom. The largest absolute Gasteiger partial charge is 0.392 e. The van der Waals surface area contributed by atoms with Crippen molar-refractivity contribution in [3.63, 3.8) is 0 Å². The maximum absolute atomic E-state index is 9.89. The first-order chi connectivity index (χ1) is 5.86. The number of rotatable bonds is 1. The third kappa shape index (κ3) is 2.22. The molecule has 1 aromatic carbocycles. The summed E-state index contributed by atoms with van der Waals surface area (Å²) in [6.07, 6.45) is 0.556. The standard InChI is InChI=1S/C10H8O2/c11-7-1-2-9-3-5-10(8-12)6-4-9/h3-7,12H,8H2. The van der Waals surface area contributed by atoms with Crippen LogP contribution in [0.4, 0.5) is 0 Å². The van der Waals surface area contributed by atoms with E-state index in [1.54, 1.807) is 24.3 Å². The Morgan fingerprint density at radius 2 is 2.00 bits per heavy atom. The fourth-order valence-electron chi connectivity index (χ4n) is 0.806. The first-order valence-electron chi connectivity index (χ1n) is 3.52. The van der Waals surface area contributed by atoms with Crippen LogP contribution in [0.2, 0.25) is 0 Å². The molecule has 0 saturated carbocycles. The van der Waals surface area contributed by atoms with E-state index in [0.29, 0.717) is 6.29 Å². The predicted octanol–water partition coefficient (Wildman–Crippen LogP) is 0.729. The molecule has 0 aliphatic carbocycles. The lowest BCUT2D eigenvalue weighted by atomic mass is 10.1. The molecule has 0 fully saturated rings. The minimum absolute atomic E-state index is 0.0292. The normalized spacial score (nSPS) is 8.42. The highest BCUT2D eigenvalue weighted by atomic mass is 16.3. The van der Waals surface area contributed by atoms with E-state index in [1.165, 1.54) is 0 Å². The Morgan fingerprint density at radius 1 is 1.33 bits per heavy atom. The van der Waals surface area contributed by atoms with Crippen LogP contribution in [0.15, 0.2) is 24.3 Å². The van der Waals surface area contributed by atoms with Crippen molar-refractivity contribution in [2.45, 2.75) is 6.61 Å². The van der Waals surface area contributed by atoms with Gasteiger partial charge in [-0.15, -0.1) is 0 Å². The Kier molecular flexibility index (Phi) is 3.06. The van der Waals surface area contributed by atoms with Crippen molar-refractivity contribution in [2.24, 2.45) is 0 Å². The number of benzene rings is 1. The van der Waals surface area contributed by atoms with Gasteiger partial charge in [-0.25, -0.2) is 0 Å². The first kappa shape index (κ1) is 8.51. The number of carbonyl (C=O) groups excluding carboxylic acids is 1. The summed E-state index contributed by atoms with van der Waals surface area (Å²) in [5.74, 6) is 4.95. The zero-order valence-corrected chi connectivity index (χ0v) is 6.45. The van der Waals surface area contributed by atoms with Crippen LogP contribution in [-0.4, -0.2) is 11.4 Å². The van der Waals surface area contributed by atoms with E-state index in [2.05, 4.69) is 11.8 Å². The van der Waals surface area contributed by atoms with Gasteiger partial charge in [-0.1, -0.05) is 18.1 Å². The number of aldehydes is 1. The van der Waals surface area contributed by atoms with Crippen molar-refractivity contribution >= 4 is 6.29 Å².